The third-order valence-electron chi connectivity index (χ3n) is 4.73. The SMILES string of the molecule is COc1cccc2c1CN(c1ncnc(Nc3cccc(NC(C)=O)c3)n1)CC2. The molecule has 0 aliphatic carbocycles. The average Bonchev–Trinajstić information content (AvgIpc) is 2.73. The summed E-state index contributed by atoms with van der Waals surface area (Å²) >= 11 is 0. The van der Waals surface area contributed by atoms with Crippen LogP contribution in [0.1, 0.15) is 18.1 Å². The molecule has 2 N–H and O–H groups in total. The summed E-state index contributed by atoms with van der Waals surface area (Å²) in [5.74, 6) is 1.82. The van der Waals surface area contributed by atoms with Crippen molar-refractivity contribution in [1.82, 2.24) is 15.0 Å². The minimum atomic E-state index is -0.120. The molecule has 0 saturated heterocycles. The maximum absolute atomic E-state index is 11.3. The molecule has 0 atom stereocenters. The largest absolute Gasteiger partial charge is 0.496 e. The molecule has 0 unspecified atom stereocenters. The van der Waals surface area contributed by atoms with Gasteiger partial charge in [0.15, 0.2) is 0 Å². The molecule has 1 amide bonds. The van der Waals surface area contributed by atoms with Crippen LogP contribution >= 0.6 is 0 Å². The lowest BCUT2D eigenvalue weighted by atomic mass is 9.99. The first-order chi connectivity index (χ1) is 14.1. The lowest BCUT2D eigenvalue weighted by Crippen LogP contribution is -2.32. The zero-order valence-electron chi connectivity index (χ0n) is 16.3. The number of carbonyl (C=O) groups is 1. The van der Waals surface area contributed by atoms with Gasteiger partial charge in [-0.25, -0.2) is 9.97 Å². The van der Waals surface area contributed by atoms with Gasteiger partial charge in [-0.2, -0.15) is 4.98 Å². The Morgan fingerprint density at radius 1 is 1.14 bits per heavy atom. The van der Waals surface area contributed by atoms with Crippen LogP contribution in [0.15, 0.2) is 48.8 Å². The van der Waals surface area contributed by atoms with E-state index in [1.807, 2.05) is 36.4 Å². The maximum Gasteiger partial charge on any atom is 0.232 e. The molecule has 0 bridgehead atoms. The Morgan fingerprint density at radius 3 is 2.79 bits per heavy atom. The Hall–Kier alpha value is -3.68. The second-order valence-electron chi connectivity index (χ2n) is 6.77. The van der Waals surface area contributed by atoms with Gasteiger partial charge in [0.1, 0.15) is 12.1 Å². The Balaban J connectivity index is 1.53. The van der Waals surface area contributed by atoms with Crippen LogP contribution in [-0.4, -0.2) is 34.5 Å². The Kier molecular flexibility index (Phi) is 5.24. The lowest BCUT2D eigenvalue weighted by molar-refractivity contribution is -0.114. The summed E-state index contributed by atoms with van der Waals surface area (Å²) in [4.78, 5) is 26.5. The number of benzene rings is 2. The molecular weight excluding hydrogens is 368 g/mol. The predicted octanol–water partition coefficient (Wildman–Crippen LogP) is 3.14. The van der Waals surface area contributed by atoms with Crippen LogP contribution in [0.3, 0.4) is 0 Å². The van der Waals surface area contributed by atoms with E-state index in [2.05, 4.69) is 36.6 Å². The van der Waals surface area contributed by atoms with Crippen LogP contribution in [0.4, 0.5) is 23.3 Å². The molecule has 3 aromatic rings. The highest BCUT2D eigenvalue weighted by molar-refractivity contribution is 5.89. The molecule has 0 radical (unpaired) electrons. The molecule has 148 valence electrons. The van der Waals surface area contributed by atoms with Crippen molar-refractivity contribution in [2.75, 3.05) is 29.2 Å². The van der Waals surface area contributed by atoms with Crippen LogP contribution in [-0.2, 0) is 17.8 Å². The van der Waals surface area contributed by atoms with Crippen molar-refractivity contribution in [2.24, 2.45) is 0 Å². The molecule has 0 saturated carbocycles. The number of hydrogen-bond acceptors (Lipinski definition) is 7. The number of ether oxygens (including phenoxy) is 1. The summed E-state index contributed by atoms with van der Waals surface area (Å²) in [5, 5.41) is 5.94. The van der Waals surface area contributed by atoms with Crippen molar-refractivity contribution in [1.29, 1.82) is 0 Å². The lowest BCUT2D eigenvalue weighted by Gasteiger charge is -2.29. The van der Waals surface area contributed by atoms with Gasteiger partial charge < -0.3 is 20.3 Å². The minimum absolute atomic E-state index is 0.120. The Bertz CT molecular complexity index is 1020. The van der Waals surface area contributed by atoms with E-state index < -0.39 is 0 Å². The monoisotopic (exact) mass is 390 g/mol. The third kappa shape index (κ3) is 4.26. The van der Waals surface area contributed by atoms with Crippen molar-refractivity contribution in [3.63, 3.8) is 0 Å². The summed E-state index contributed by atoms with van der Waals surface area (Å²) in [6.07, 6.45) is 2.40. The zero-order chi connectivity index (χ0) is 20.2. The number of rotatable bonds is 5. The molecule has 2 aromatic carbocycles. The Labute approximate surface area is 169 Å². The van der Waals surface area contributed by atoms with Crippen LogP contribution in [0.2, 0.25) is 0 Å². The number of fused-ring (bicyclic) bond motifs is 1. The molecular formula is C21H22N6O2. The van der Waals surface area contributed by atoms with Gasteiger partial charge in [0.25, 0.3) is 0 Å². The predicted molar refractivity (Wildman–Crippen MR) is 112 cm³/mol. The van der Waals surface area contributed by atoms with E-state index in [1.54, 1.807) is 7.11 Å². The standard InChI is InChI=1S/C21H22N6O2/c1-14(28)24-16-6-4-7-17(11-16)25-20-22-13-23-21(26-20)27-10-9-15-5-3-8-19(29-2)18(15)12-27/h3-8,11,13H,9-10,12H2,1-2H3,(H,24,28)(H,22,23,25,26). The first kappa shape index (κ1) is 18.7. The van der Waals surface area contributed by atoms with Crippen LogP contribution < -0.4 is 20.3 Å². The number of hydrogen-bond donors (Lipinski definition) is 2. The summed E-state index contributed by atoms with van der Waals surface area (Å²) < 4.78 is 5.52. The van der Waals surface area contributed by atoms with Gasteiger partial charge in [0.2, 0.25) is 17.8 Å². The summed E-state index contributed by atoms with van der Waals surface area (Å²) in [7, 11) is 1.69. The van der Waals surface area contributed by atoms with Gasteiger partial charge in [0.05, 0.1) is 7.11 Å². The van der Waals surface area contributed by atoms with Gasteiger partial charge in [-0.3, -0.25) is 4.79 Å². The molecule has 0 spiro atoms. The third-order valence-corrected chi connectivity index (χ3v) is 4.73. The number of amides is 1. The molecule has 0 fully saturated rings. The van der Waals surface area contributed by atoms with Crippen LogP contribution in [0, 0.1) is 0 Å². The van der Waals surface area contributed by atoms with Crippen LogP contribution in [0.25, 0.3) is 0 Å². The normalized spacial score (nSPS) is 12.8. The first-order valence-corrected chi connectivity index (χ1v) is 9.36. The fraction of sp³-hybridized carbons (Fsp3) is 0.238. The second kappa shape index (κ2) is 8.14. The van der Waals surface area contributed by atoms with E-state index in [1.165, 1.54) is 24.4 Å². The second-order valence-corrected chi connectivity index (χ2v) is 6.77. The number of methoxy groups -OCH3 is 1. The van der Waals surface area contributed by atoms with Crippen molar-refractivity contribution in [3.8, 4) is 5.75 Å². The highest BCUT2D eigenvalue weighted by atomic mass is 16.5. The van der Waals surface area contributed by atoms with Crippen molar-refractivity contribution >= 4 is 29.2 Å². The van der Waals surface area contributed by atoms with Gasteiger partial charge in [0, 0.05) is 37.0 Å². The fourth-order valence-corrected chi connectivity index (χ4v) is 3.42. The fourth-order valence-electron chi connectivity index (χ4n) is 3.42. The number of aromatic nitrogens is 3. The van der Waals surface area contributed by atoms with Gasteiger partial charge >= 0.3 is 0 Å². The van der Waals surface area contributed by atoms with Gasteiger partial charge in [-0.05, 0) is 36.2 Å². The van der Waals surface area contributed by atoms with Crippen LogP contribution in [0.5, 0.6) is 5.75 Å². The topological polar surface area (TPSA) is 92.3 Å². The highest BCUT2D eigenvalue weighted by Crippen LogP contribution is 2.29. The molecule has 4 rings (SSSR count). The molecule has 2 heterocycles. The number of nitrogens with one attached hydrogen (secondary N) is 2. The zero-order valence-corrected chi connectivity index (χ0v) is 16.3. The van der Waals surface area contributed by atoms with E-state index in [0.717, 1.165) is 24.4 Å². The molecule has 1 aliphatic rings. The maximum atomic E-state index is 11.3. The summed E-state index contributed by atoms with van der Waals surface area (Å²) in [6, 6.07) is 13.5. The molecule has 29 heavy (non-hydrogen) atoms. The average molecular weight is 390 g/mol. The van der Waals surface area contributed by atoms with Crippen molar-refractivity contribution in [3.05, 3.63) is 59.9 Å². The number of nitrogens with zero attached hydrogens (tertiary/aromatic N) is 4. The number of anilines is 4. The minimum Gasteiger partial charge on any atom is -0.496 e. The molecule has 1 aromatic heterocycles. The van der Waals surface area contributed by atoms with E-state index in [0.29, 0.717) is 24.1 Å². The summed E-state index contributed by atoms with van der Waals surface area (Å²) in [6.45, 7) is 2.98. The number of carbonyl (C=O) groups excluding carboxylic acids is 1. The highest BCUT2D eigenvalue weighted by Gasteiger charge is 2.21. The molecule has 1 aliphatic heterocycles. The van der Waals surface area contributed by atoms with Gasteiger partial charge in [-0.15, -0.1) is 0 Å². The first-order valence-electron chi connectivity index (χ1n) is 9.36. The van der Waals surface area contributed by atoms with E-state index >= 15 is 0 Å². The molecule has 8 heteroatoms. The molecule has 8 nitrogen and oxygen atoms in total. The Morgan fingerprint density at radius 2 is 1.97 bits per heavy atom. The van der Waals surface area contributed by atoms with Crippen molar-refractivity contribution in [2.45, 2.75) is 19.9 Å². The van der Waals surface area contributed by atoms with Gasteiger partial charge in [-0.1, -0.05) is 18.2 Å². The smallest absolute Gasteiger partial charge is 0.232 e. The summed E-state index contributed by atoms with van der Waals surface area (Å²) in [5.41, 5.74) is 3.94. The van der Waals surface area contributed by atoms with Crippen molar-refractivity contribution < 1.29 is 9.53 Å². The van der Waals surface area contributed by atoms with E-state index in [-0.39, 0.29) is 5.91 Å². The van der Waals surface area contributed by atoms with E-state index in [4.69, 9.17) is 4.74 Å². The van der Waals surface area contributed by atoms with E-state index in [9.17, 15) is 4.79 Å². The quantitative estimate of drug-likeness (QED) is 0.691.